The van der Waals surface area contributed by atoms with Gasteiger partial charge in [-0.1, -0.05) is 6.42 Å². The summed E-state index contributed by atoms with van der Waals surface area (Å²) in [5.74, 6) is 2.21. The fraction of sp³-hybridized carbons (Fsp3) is 0.875. The summed E-state index contributed by atoms with van der Waals surface area (Å²) in [5, 5.41) is 8.47. The maximum Gasteiger partial charge on any atom is 0.230 e. The van der Waals surface area contributed by atoms with E-state index in [-0.39, 0.29) is 0 Å². The monoisotopic (exact) mass is 306 g/mol. The normalized spacial score (nSPS) is 28.1. The van der Waals surface area contributed by atoms with Crippen molar-refractivity contribution in [2.45, 2.75) is 50.6 Å². The minimum Gasteiger partial charge on any atom is -0.424 e. The van der Waals surface area contributed by atoms with Gasteiger partial charge in [0, 0.05) is 31.6 Å². The minimum absolute atomic E-state index is 0.548. The quantitative estimate of drug-likeness (QED) is 0.824. The van der Waals surface area contributed by atoms with Crippen LogP contribution in [0.1, 0.15) is 49.8 Å². The summed E-state index contributed by atoms with van der Waals surface area (Å²) in [5.41, 5.74) is 0. The first kappa shape index (κ1) is 14.6. The molecular weight excluding hydrogens is 280 g/mol. The Labute approximate surface area is 131 Å². The highest BCUT2D eigenvalue weighted by Crippen LogP contribution is 2.39. The van der Waals surface area contributed by atoms with Crippen molar-refractivity contribution in [2.24, 2.45) is 0 Å². The molecule has 1 saturated carbocycles. The second kappa shape index (κ2) is 6.64. The van der Waals surface area contributed by atoms with Gasteiger partial charge in [0.1, 0.15) is 0 Å². The van der Waals surface area contributed by atoms with E-state index in [2.05, 4.69) is 20.0 Å². The van der Waals surface area contributed by atoms with Gasteiger partial charge in [-0.15, -0.1) is 10.2 Å². The van der Waals surface area contributed by atoms with E-state index in [1.54, 1.807) is 0 Å². The zero-order valence-corrected chi connectivity index (χ0v) is 13.2. The van der Waals surface area contributed by atoms with E-state index < -0.39 is 0 Å². The third kappa shape index (κ3) is 3.50. The zero-order valence-electron chi connectivity index (χ0n) is 13.2. The Bertz CT molecular complexity index is 482. The third-order valence-electron chi connectivity index (χ3n) is 5.07. The highest BCUT2D eigenvalue weighted by molar-refractivity contribution is 5.00. The van der Waals surface area contributed by atoms with Crippen molar-refractivity contribution >= 4 is 0 Å². The number of rotatable bonds is 5. The van der Waals surface area contributed by atoms with E-state index in [9.17, 15) is 0 Å². The molecule has 22 heavy (non-hydrogen) atoms. The molecule has 0 bridgehead atoms. The van der Waals surface area contributed by atoms with E-state index in [1.807, 2.05) is 0 Å². The average Bonchev–Trinajstić information content (AvgIpc) is 3.30. The van der Waals surface area contributed by atoms with Crippen LogP contribution in [0.5, 0.6) is 0 Å². The Morgan fingerprint density at radius 3 is 2.68 bits per heavy atom. The Morgan fingerprint density at radius 1 is 1.00 bits per heavy atom. The second-order valence-electron chi connectivity index (χ2n) is 6.84. The molecule has 3 aliphatic rings. The predicted molar refractivity (Wildman–Crippen MR) is 81.6 cm³/mol. The van der Waals surface area contributed by atoms with Crippen molar-refractivity contribution in [3.8, 4) is 0 Å². The lowest BCUT2D eigenvalue weighted by atomic mass is 10.0. The summed E-state index contributed by atoms with van der Waals surface area (Å²) in [6, 6.07) is 0.614. The summed E-state index contributed by atoms with van der Waals surface area (Å²) in [6.45, 7) is 6.99. The highest BCUT2D eigenvalue weighted by atomic mass is 16.5. The SMILES string of the molecule is C1CCN(Cc2nnc(C3CC3)o2)[C@H](CN2CCOCC2)C1. The lowest BCUT2D eigenvalue weighted by Gasteiger charge is -2.39. The second-order valence-corrected chi connectivity index (χ2v) is 6.84. The molecule has 0 aromatic carbocycles. The summed E-state index contributed by atoms with van der Waals surface area (Å²) in [6.07, 6.45) is 6.32. The van der Waals surface area contributed by atoms with Crippen LogP contribution in [0, 0.1) is 0 Å². The number of ether oxygens (including phenoxy) is 1. The molecule has 1 atom stereocenters. The zero-order chi connectivity index (χ0) is 14.8. The van der Waals surface area contributed by atoms with Crippen LogP contribution in [0.2, 0.25) is 0 Å². The van der Waals surface area contributed by atoms with Gasteiger partial charge in [-0.2, -0.15) is 0 Å². The molecule has 1 aromatic heterocycles. The van der Waals surface area contributed by atoms with Crippen molar-refractivity contribution in [3.05, 3.63) is 11.8 Å². The number of aromatic nitrogens is 2. The van der Waals surface area contributed by atoms with Gasteiger partial charge in [-0.05, 0) is 32.2 Å². The molecule has 4 rings (SSSR count). The maximum atomic E-state index is 5.85. The molecule has 6 nitrogen and oxygen atoms in total. The lowest BCUT2D eigenvalue weighted by molar-refractivity contribution is 0.0138. The van der Waals surface area contributed by atoms with Crippen molar-refractivity contribution in [1.29, 1.82) is 0 Å². The topological polar surface area (TPSA) is 54.6 Å². The molecule has 0 N–H and O–H groups in total. The molecule has 3 fully saturated rings. The van der Waals surface area contributed by atoms with Crippen LogP contribution in [0.25, 0.3) is 0 Å². The van der Waals surface area contributed by atoms with E-state index in [1.165, 1.54) is 32.1 Å². The molecular formula is C16H26N4O2. The van der Waals surface area contributed by atoms with Gasteiger partial charge >= 0.3 is 0 Å². The smallest absolute Gasteiger partial charge is 0.230 e. The summed E-state index contributed by atoms with van der Waals surface area (Å²) >= 11 is 0. The summed E-state index contributed by atoms with van der Waals surface area (Å²) < 4.78 is 11.3. The van der Waals surface area contributed by atoms with Gasteiger partial charge < -0.3 is 9.15 Å². The minimum atomic E-state index is 0.548. The lowest BCUT2D eigenvalue weighted by Crippen LogP contribution is -2.49. The Hall–Kier alpha value is -0.980. The Balaban J connectivity index is 1.36. The molecule has 2 aliphatic heterocycles. The van der Waals surface area contributed by atoms with Gasteiger partial charge in [0.15, 0.2) is 0 Å². The molecule has 3 heterocycles. The molecule has 6 heteroatoms. The summed E-state index contributed by atoms with van der Waals surface area (Å²) in [4.78, 5) is 5.08. The molecule has 2 saturated heterocycles. The number of piperidine rings is 1. The molecule has 1 aromatic rings. The van der Waals surface area contributed by atoms with Crippen LogP contribution in [-0.4, -0.2) is 65.4 Å². The van der Waals surface area contributed by atoms with Crippen molar-refractivity contribution in [1.82, 2.24) is 20.0 Å². The number of hydrogen-bond acceptors (Lipinski definition) is 6. The molecule has 0 unspecified atom stereocenters. The molecule has 1 aliphatic carbocycles. The van der Waals surface area contributed by atoms with Gasteiger partial charge in [0.25, 0.3) is 0 Å². The van der Waals surface area contributed by atoms with Crippen molar-refractivity contribution in [2.75, 3.05) is 39.4 Å². The van der Waals surface area contributed by atoms with Crippen LogP contribution in [-0.2, 0) is 11.3 Å². The first-order chi connectivity index (χ1) is 10.9. The Kier molecular flexibility index (Phi) is 4.41. The largest absolute Gasteiger partial charge is 0.424 e. The van der Waals surface area contributed by atoms with Crippen molar-refractivity contribution < 1.29 is 9.15 Å². The third-order valence-corrected chi connectivity index (χ3v) is 5.07. The molecule has 0 radical (unpaired) electrons. The molecule has 0 amide bonds. The van der Waals surface area contributed by atoms with E-state index in [0.717, 1.165) is 57.7 Å². The fourth-order valence-corrected chi connectivity index (χ4v) is 3.56. The number of likely N-dealkylation sites (tertiary alicyclic amines) is 1. The maximum absolute atomic E-state index is 5.85. The number of nitrogens with zero attached hydrogens (tertiary/aromatic N) is 4. The standard InChI is InChI=1S/C16H26N4O2/c1-2-6-20(12-15-17-18-16(22-15)13-4-5-13)14(3-1)11-19-7-9-21-10-8-19/h13-14H,1-12H2/t14-/m0/s1. The average molecular weight is 306 g/mol. The van der Waals surface area contributed by atoms with E-state index in [4.69, 9.17) is 9.15 Å². The Morgan fingerprint density at radius 2 is 1.86 bits per heavy atom. The van der Waals surface area contributed by atoms with Crippen LogP contribution < -0.4 is 0 Å². The number of morpholine rings is 1. The number of hydrogen-bond donors (Lipinski definition) is 0. The van der Waals surface area contributed by atoms with Crippen LogP contribution >= 0.6 is 0 Å². The van der Waals surface area contributed by atoms with Crippen LogP contribution in [0.4, 0.5) is 0 Å². The van der Waals surface area contributed by atoms with Crippen LogP contribution in [0.15, 0.2) is 4.42 Å². The first-order valence-corrected chi connectivity index (χ1v) is 8.75. The fourth-order valence-electron chi connectivity index (χ4n) is 3.56. The predicted octanol–water partition coefficient (Wildman–Crippen LogP) is 1.63. The van der Waals surface area contributed by atoms with E-state index >= 15 is 0 Å². The molecule has 0 spiro atoms. The first-order valence-electron chi connectivity index (χ1n) is 8.75. The molecule has 122 valence electrons. The van der Waals surface area contributed by atoms with Gasteiger partial charge in [-0.3, -0.25) is 9.80 Å². The van der Waals surface area contributed by atoms with Gasteiger partial charge in [0.05, 0.1) is 19.8 Å². The van der Waals surface area contributed by atoms with E-state index in [0.29, 0.717) is 12.0 Å². The highest BCUT2D eigenvalue weighted by Gasteiger charge is 2.31. The van der Waals surface area contributed by atoms with Gasteiger partial charge in [0.2, 0.25) is 11.8 Å². The van der Waals surface area contributed by atoms with Crippen molar-refractivity contribution in [3.63, 3.8) is 0 Å². The van der Waals surface area contributed by atoms with Gasteiger partial charge in [-0.25, -0.2) is 0 Å². The van der Waals surface area contributed by atoms with Crippen LogP contribution in [0.3, 0.4) is 0 Å². The summed E-state index contributed by atoms with van der Waals surface area (Å²) in [7, 11) is 0.